The number of amides is 1. The zero-order chi connectivity index (χ0) is 13.7. The molecule has 100 valence electrons. The number of hydrogen-bond acceptors (Lipinski definition) is 2. The van der Waals surface area contributed by atoms with Crippen molar-refractivity contribution in [2.75, 3.05) is 7.05 Å². The van der Waals surface area contributed by atoms with Gasteiger partial charge < -0.3 is 10.6 Å². The van der Waals surface area contributed by atoms with Gasteiger partial charge in [0.05, 0.1) is 12.1 Å². The summed E-state index contributed by atoms with van der Waals surface area (Å²) in [6.45, 7) is 6.12. The molecule has 2 atom stereocenters. The van der Waals surface area contributed by atoms with Crippen LogP contribution in [0.5, 0.6) is 0 Å². The van der Waals surface area contributed by atoms with Crippen molar-refractivity contribution in [1.29, 1.82) is 0 Å². The summed E-state index contributed by atoms with van der Waals surface area (Å²) >= 11 is 0. The van der Waals surface area contributed by atoms with E-state index in [1.54, 1.807) is 4.90 Å². The van der Waals surface area contributed by atoms with E-state index in [0.29, 0.717) is 0 Å². The quantitative estimate of drug-likeness (QED) is 0.870. The maximum atomic E-state index is 12.1. The van der Waals surface area contributed by atoms with Gasteiger partial charge in [-0.25, -0.2) is 0 Å². The highest BCUT2D eigenvalue weighted by Crippen LogP contribution is 2.20. The van der Waals surface area contributed by atoms with Crippen LogP contribution in [-0.2, 0) is 4.79 Å². The van der Waals surface area contributed by atoms with Crippen molar-refractivity contribution in [3.05, 3.63) is 35.4 Å². The first-order valence-electron chi connectivity index (χ1n) is 6.56. The Balaban J connectivity index is 2.74. The van der Waals surface area contributed by atoms with Crippen LogP contribution < -0.4 is 5.73 Å². The van der Waals surface area contributed by atoms with Crippen LogP contribution in [0.15, 0.2) is 24.3 Å². The third kappa shape index (κ3) is 3.57. The zero-order valence-corrected chi connectivity index (χ0v) is 11.8. The summed E-state index contributed by atoms with van der Waals surface area (Å²) in [7, 11) is 1.82. The molecule has 1 aromatic carbocycles. The normalized spacial score (nSPS) is 14.1. The molecule has 3 heteroatoms. The second-order valence-corrected chi connectivity index (χ2v) is 4.93. The van der Waals surface area contributed by atoms with Crippen LogP contribution in [0.1, 0.15) is 43.9 Å². The monoisotopic (exact) mass is 248 g/mol. The predicted molar refractivity (Wildman–Crippen MR) is 75.2 cm³/mol. The number of hydrogen-bond donors (Lipinski definition) is 1. The van der Waals surface area contributed by atoms with Crippen molar-refractivity contribution in [3.63, 3.8) is 0 Å². The summed E-state index contributed by atoms with van der Waals surface area (Å²) in [5.74, 6) is 0.0184. The lowest BCUT2D eigenvalue weighted by atomic mass is 10.0. The number of rotatable bonds is 5. The molecular weight excluding hydrogens is 224 g/mol. The van der Waals surface area contributed by atoms with Crippen LogP contribution in [-0.4, -0.2) is 23.9 Å². The Labute approximate surface area is 110 Å². The Kier molecular flexibility index (Phi) is 5.35. The van der Waals surface area contributed by atoms with E-state index in [1.807, 2.05) is 20.9 Å². The van der Waals surface area contributed by atoms with Gasteiger partial charge in [0.1, 0.15) is 0 Å². The molecule has 0 spiro atoms. The molecule has 1 unspecified atom stereocenters. The number of carbonyl (C=O) groups excluding carboxylic acids is 1. The topological polar surface area (TPSA) is 46.3 Å². The standard InChI is InChI=1S/C15H24N2O/c1-5-6-14(16)15(18)17(4)12(3)13-9-7-11(2)8-10-13/h7-10,12,14H,5-6,16H2,1-4H3/t12?,14-/m0/s1. The summed E-state index contributed by atoms with van der Waals surface area (Å²) in [6, 6.07) is 7.94. The number of nitrogens with zero attached hydrogens (tertiary/aromatic N) is 1. The predicted octanol–water partition coefficient (Wildman–Crippen LogP) is 2.64. The molecule has 0 saturated carbocycles. The Hall–Kier alpha value is -1.35. The lowest BCUT2D eigenvalue weighted by Crippen LogP contribution is -2.42. The molecule has 2 N–H and O–H groups in total. The van der Waals surface area contributed by atoms with E-state index >= 15 is 0 Å². The van der Waals surface area contributed by atoms with E-state index in [-0.39, 0.29) is 18.0 Å². The molecule has 0 radical (unpaired) electrons. The van der Waals surface area contributed by atoms with Gasteiger partial charge in [0.2, 0.25) is 5.91 Å². The molecule has 0 aromatic heterocycles. The first-order chi connectivity index (χ1) is 8.47. The van der Waals surface area contributed by atoms with E-state index in [2.05, 4.69) is 31.2 Å². The van der Waals surface area contributed by atoms with Gasteiger partial charge in [0.25, 0.3) is 0 Å². The highest BCUT2D eigenvalue weighted by atomic mass is 16.2. The molecule has 0 aliphatic rings. The van der Waals surface area contributed by atoms with Gasteiger partial charge >= 0.3 is 0 Å². The number of benzene rings is 1. The third-order valence-corrected chi connectivity index (χ3v) is 3.41. The first kappa shape index (κ1) is 14.7. The van der Waals surface area contributed by atoms with Crippen LogP contribution in [0.3, 0.4) is 0 Å². The van der Waals surface area contributed by atoms with E-state index in [1.165, 1.54) is 5.56 Å². The maximum Gasteiger partial charge on any atom is 0.239 e. The average molecular weight is 248 g/mol. The molecule has 1 aromatic rings. The van der Waals surface area contributed by atoms with Gasteiger partial charge in [0.15, 0.2) is 0 Å². The Morgan fingerprint density at radius 1 is 1.33 bits per heavy atom. The van der Waals surface area contributed by atoms with Crippen molar-refractivity contribution in [2.24, 2.45) is 5.73 Å². The molecule has 0 heterocycles. The number of aryl methyl sites for hydroxylation is 1. The van der Waals surface area contributed by atoms with Crippen molar-refractivity contribution in [2.45, 2.75) is 45.7 Å². The van der Waals surface area contributed by atoms with Crippen LogP contribution >= 0.6 is 0 Å². The van der Waals surface area contributed by atoms with Crippen LogP contribution in [0.4, 0.5) is 0 Å². The molecule has 0 fully saturated rings. The average Bonchev–Trinajstić information content (AvgIpc) is 2.37. The molecule has 1 amide bonds. The van der Waals surface area contributed by atoms with Gasteiger partial charge in [0, 0.05) is 7.05 Å². The van der Waals surface area contributed by atoms with Gasteiger partial charge in [-0.15, -0.1) is 0 Å². The summed E-state index contributed by atoms with van der Waals surface area (Å²) in [6.07, 6.45) is 1.67. The number of likely N-dealkylation sites (N-methyl/N-ethyl adjacent to an activating group) is 1. The molecule has 0 aliphatic carbocycles. The highest BCUT2D eigenvalue weighted by Gasteiger charge is 2.22. The summed E-state index contributed by atoms with van der Waals surface area (Å²) < 4.78 is 0. The molecule has 1 rings (SSSR count). The molecule has 0 saturated heterocycles. The van der Waals surface area contributed by atoms with Crippen molar-refractivity contribution in [1.82, 2.24) is 4.90 Å². The fraction of sp³-hybridized carbons (Fsp3) is 0.533. The van der Waals surface area contributed by atoms with Gasteiger partial charge in [-0.1, -0.05) is 43.2 Å². The van der Waals surface area contributed by atoms with Gasteiger partial charge in [-0.05, 0) is 25.8 Å². The zero-order valence-electron chi connectivity index (χ0n) is 11.8. The third-order valence-electron chi connectivity index (χ3n) is 3.41. The van der Waals surface area contributed by atoms with E-state index in [4.69, 9.17) is 5.73 Å². The van der Waals surface area contributed by atoms with Gasteiger partial charge in [-0.3, -0.25) is 4.79 Å². The van der Waals surface area contributed by atoms with E-state index < -0.39 is 0 Å². The molecule has 0 aliphatic heterocycles. The highest BCUT2D eigenvalue weighted by molar-refractivity contribution is 5.81. The second kappa shape index (κ2) is 6.55. The van der Waals surface area contributed by atoms with Crippen molar-refractivity contribution in [3.8, 4) is 0 Å². The second-order valence-electron chi connectivity index (χ2n) is 4.93. The fourth-order valence-electron chi connectivity index (χ4n) is 1.96. The minimum absolute atomic E-state index is 0.0184. The smallest absolute Gasteiger partial charge is 0.239 e. The summed E-state index contributed by atoms with van der Waals surface area (Å²) in [4.78, 5) is 13.9. The lowest BCUT2D eigenvalue weighted by Gasteiger charge is -2.28. The van der Waals surface area contributed by atoms with E-state index in [0.717, 1.165) is 18.4 Å². The molecular formula is C15H24N2O. The molecule has 0 bridgehead atoms. The number of carbonyl (C=O) groups is 1. The number of nitrogens with two attached hydrogens (primary N) is 1. The SMILES string of the molecule is CCC[C@H](N)C(=O)N(C)C(C)c1ccc(C)cc1. The van der Waals surface area contributed by atoms with Crippen LogP contribution in [0.25, 0.3) is 0 Å². The molecule has 18 heavy (non-hydrogen) atoms. The van der Waals surface area contributed by atoms with Crippen LogP contribution in [0, 0.1) is 6.92 Å². The molecule has 3 nitrogen and oxygen atoms in total. The fourth-order valence-corrected chi connectivity index (χ4v) is 1.96. The van der Waals surface area contributed by atoms with E-state index in [9.17, 15) is 4.79 Å². The lowest BCUT2D eigenvalue weighted by molar-refractivity contribution is -0.133. The summed E-state index contributed by atoms with van der Waals surface area (Å²) in [5.41, 5.74) is 8.24. The largest absolute Gasteiger partial charge is 0.338 e. The summed E-state index contributed by atoms with van der Waals surface area (Å²) in [5, 5.41) is 0. The Morgan fingerprint density at radius 2 is 1.89 bits per heavy atom. The van der Waals surface area contributed by atoms with Crippen molar-refractivity contribution >= 4 is 5.91 Å². The Morgan fingerprint density at radius 3 is 2.39 bits per heavy atom. The first-order valence-corrected chi connectivity index (χ1v) is 6.56. The van der Waals surface area contributed by atoms with Crippen molar-refractivity contribution < 1.29 is 4.79 Å². The van der Waals surface area contributed by atoms with Crippen LogP contribution in [0.2, 0.25) is 0 Å². The minimum atomic E-state index is -0.382. The maximum absolute atomic E-state index is 12.1. The minimum Gasteiger partial charge on any atom is -0.338 e. The van der Waals surface area contributed by atoms with Gasteiger partial charge in [-0.2, -0.15) is 0 Å². The Bertz CT molecular complexity index is 386.